The number of carbonyl (C=O) groups excluding carboxylic acids is 1. The number of rotatable bonds is 7. The molecule has 0 aliphatic carbocycles. The maximum atomic E-state index is 11.2. The molecule has 0 aromatic carbocycles. The lowest BCUT2D eigenvalue weighted by molar-refractivity contribution is -0.318. The molecule has 0 amide bonds. The van der Waals surface area contributed by atoms with Crippen LogP contribution in [0.3, 0.4) is 0 Å². The van der Waals surface area contributed by atoms with Crippen molar-refractivity contribution in [1.82, 2.24) is 0 Å². The van der Waals surface area contributed by atoms with Crippen LogP contribution in [0.25, 0.3) is 0 Å². The Balaban J connectivity index is 4.03. The third kappa shape index (κ3) is 6.45. The van der Waals surface area contributed by atoms with Gasteiger partial charge >= 0.3 is 5.97 Å². The topological polar surface area (TPSA) is 44.8 Å². The van der Waals surface area contributed by atoms with Gasteiger partial charge in [0.1, 0.15) is 11.9 Å². The van der Waals surface area contributed by atoms with Gasteiger partial charge in [0.2, 0.25) is 0 Å². The van der Waals surface area contributed by atoms with E-state index in [1.165, 1.54) is 6.26 Å². The predicted molar refractivity (Wildman–Crippen MR) is 61.5 cm³/mol. The van der Waals surface area contributed by atoms with Crippen LogP contribution in [-0.4, -0.2) is 18.2 Å². The van der Waals surface area contributed by atoms with Crippen molar-refractivity contribution in [1.29, 1.82) is 0 Å². The Morgan fingerprint density at radius 1 is 1.31 bits per heavy atom. The number of carbonyl (C=O) groups is 1. The molecule has 16 heavy (non-hydrogen) atoms. The van der Waals surface area contributed by atoms with E-state index in [1.807, 2.05) is 13.8 Å². The van der Waals surface area contributed by atoms with Crippen LogP contribution in [-0.2, 0) is 19.3 Å². The molecule has 0 aromatic heterocycles. The molecule has 0 spiro atoms. The van der Waals surface area contributed by atoms with E-state index in [0.29, 0.717) is 12.2 Å². The zero-order valence-electron chi connectivity index (χ0n) is 10.8. The SMILES string of the molecule is CCCC(C)(C)OOC=C(C)C(=O)OCC. The molecule has 0 aliphatic heterocycles. The normalized spacial score (nSPS) is 12.4. The lowest BCUT2D eigenvalue weighted by atomic mass is 10.0. The molecule has 0 unspecified atom stereocenters. The van der Waals surface area contributed by atoms with Crippen molar-refractivity contribution in [2.75, 3.05) is 6.61 Å². The molecule has 0 bridgehead atoms. The van der Waals surface area contributed by atoms with Crippen LogP contribution in [0.1, 0.15) is 47.5 Å². The first kappa shape index (κ1) is 15.0. The number of ether oxygens (including phenoxy) is 1. The Morgan fingerprint density at radius 2 is 1.94 bits per heavy atom. The second-order valence-electron chi connectivity index (χ2n) is 4.21. The molecule has 0 heterocycles. The van der Waals surface area contributed by atoms with E-state index in [4.69, 9.17) is 14.5 Å². The molecule has 0 aliphatic rings. The van der Waals surface area contributed by atoms with Gasteiger partial charge in [0.15, 0.2) is 0 Å². The summed E-state index contributed by atoms with van der Waals surface area (Å²) in [5, 5.41) is 0. The van der Waals surface area contributed by atoms with Crippen LogP contribution < -0.4 is 0 Å². The standard InChI is InChI=1S/C12H22O4/c1-6-8-12(4,5)16-15-9-10(3)11(13)14-7-2/h9H,6-8H2,1-5H3. The molecule has 4 heteroatoms. The average molecular weight is 230 g/mol. The van der Waals surface area contributed by atoms with Gasteiger partial charge in [-0.3, -0.25) is 0 Å². The molecule has 0 N–H and O–H groups in total. The number of hydrogen-bond donors (Lipinski definition) is 0. The summed E-state index contributed by atoms with van der Waals surface area (Å²) in [6, 6.07) is 0. The molecule has 0 aromatic rings. The van der Waals surface area contributed by atoms with Crippen LogP contribution in [0.2, 0.25) is 0 Å². The first-order valence-electron chi connectivity index (χ1n) is 5.61. The van der Waals surface area contributed by atoms with Gasteiger partial charge in [0, 0.05) is 0 Å². The van der Waals surface area contributed by atoms with Crippen molar-refractivity contribution in [2.24, 2.45) is 0 Å². The zero-order chi connectivity index (χ0) is 12.6. The maximum Gasteiger partial charge on any atom is 0.336 e. The van der Waals surface area contributed by atoms with E-state index in [1.54, 1.807) is 13.8 Å². The molecule has 0 saturated heterocycles. The highest BCUT2D eigenvalue weighted by Crippen LogP contribution is 2.17. The quantitative estimate of drug-likeness (QED) is 0.222. The van der Waals surface area contributed by atoms with Gasteiger partial charge in [-0.05, 0) is 34.1 Å². The van der Waals surface area contributed by atoms with Gasteiger partial charge in [0.25, 0.3) is 0 Å². The molecule has 0 saturated carbocycles. The Labute approximate surface area is 97.5 Å². The highest BCUT2D eigenvalue weighted by atomic mass is 17.2. The van der Waals surface area contributed by atoms with Crippen LogP contribution >= 0.6 is 0 Å². The summed E-state index contributed by atoms with van der Waals surface area (Å²) >= 11 is 0. The van der Waals surface area contributed by atoms with Crippen LogP contribution in [0.5, 0.6) is 0 Å². The molecule has 0 rings (SSSR count). The van der Waals surface area contributed by atoms with Crippen molar-refractivity contribution < 1.29 is 19.3 Å². The van der Waals surface area contributed by atoms with Gasteiger partial charge in [-0.15, -0.1) is 0 Å². The summed E-state index contributed by atoms with van der Waals surface area (Å²) in [6.07, 6.45) is 3.17. The maximum absolute atomic E-state index is 11.2. The first-order valence-corrected chi connectivity index (χ1v) is 5.61. The minimum absolute atomic E-state index is 0.347. The Morgan fingerprint density at radius 3 is 2.44 bits per heavy atom. The minimum atomic E-state index is -0.389. The van der Waals surface area contributed by atoms with E-state index in [9.17, 15) is 4.79 Å². The van der Waals surface area contributed by atoms with E-state index in [-0.39, 0.29) is 11.6 Å². The van der Waals surface area contributed by atoms with Gasteiger partial charge in [-0.25, -0.2) is 4.79 Å². The lowest BCUT2D eigenvalue weighted by Gasteiger charge is -2.21. The van der Waals surface area contributed by atoms with E-state index >= 15 is 0 Å². The largest absolute Gasteiger partial charge is 0.463 e. The molecular formula is C12H22O4. The van der Waals surface area contributed by atoms with Crippen molar-refractivity contribution in [3.8, 4) is 0 Å². The van der Waals surface area contributed by atoms with Crippen molar-refractivity contribution >= 4 is 5.97 Å². The van der Waals surface area contributed by atoms with E-state index in [0.717, 1.165) is 12.8 Å². The molecular weight excluding hydrogens is 208 g/mol. The Hall–Kier alpha value is -1.03. The Bertz CT molecular complexity index is 243. The van der Waals surface area contributed by atoms with Crippen molar-refractivity contribution in [3.05, 3.63) is 11.8 Å². The first-order chi connectivity index (χ1) is 7.43. The summed E-state index contributed by atoms with van der Waals surface area (Å²) < 4.78 is 4.79. The fourth-order valence-corrected chi connectivity index (χ4v) is 1.16. The second-order valence-corrected chi connectivity index (χ2v) is 4.21. The smallest absolute Gasteiger partial charge is 0.336 e. The van der Waals surface area contributed by atoms with Crippen molar-refractivity contribution in [2.45, 2.75) is 53.1 Å². The summed E-state index contributed by atoms with van der Waals surface area (Å²) in [5.41, 5.74) is 0.0364. The van der Waals surface area contributed by atoms with E-state index < -0.39 is 0 Å². The third-order valence-electron chi connectivity index (χ3n) is 1.95. The zero-order valence-corrected chi connectivity index (χ0v) is 10.8. The summed E-state index contributed by atoms with van der Waals surface area (Å²) in [5.74, 6) is -0.389. The average Bonchev–Trinajstić information content (AvgIpc) is 2.17. The molecule has 0 atom stereocenters. The summed E-state index contributed by atoms with van der Waals surface area (Å²) in [6.45, 7) is 9.67. The van der Waals surface area contributed by atoms with E-state index in [2.05, 4.69) is 6.92 Å². The summed E-state index contributed by atoms with van der Waals surface area (Å²) in [4.78, 5) is 21.3. The highest BCUT2D eigenvalue weighted by Gasteiger charge is 2.18. The predicted octanol–water partition coefficient (Wildman–Crippen LogP) is 2.98. The van der Waals surface area contributed by atoms with Crippen LogP contribution in [0.15, 0.2) is 11.8 Å². The van der Waals surface area contributed by atoms with Gasteiger partial charge in [-0.2, -0.15) is 4.89 Å². The molecule has 4 nitrogen and oxygen atoms in total. The monoisotopic (exact) mass is 230 g/mol. The van der Waals surface area contributed by atoms with Gasteiger partial charge in [-0.1, -0.05) is 13.3 Å². The van der Waals surface area contributed by atoms with Gasteiger partial charge in [0.05, 0.1) is 12.2 Å². The second kappa shape index (κ2) is 7.28. The fraction of sp³-hybridized carbons (Fsp3) is 0.750. The van der Waals surface area contributed by atoms with Crippen LogP contribution in [0, 0.1) is 0 Å². The lowest BCUT2D eigenvalue weighted by Crippen LogP contribution is -2.23. The molecule has 0 radical (unpaired) electrons. The Kier molecular flexibility index (Phi) is 6.81. The fourth-order valence-electron chi connectivity index (χ4n) is 1.16. The number of hydrogen-bond acceptors (Lipinski definition) is 4. The van der Waals surface area contributed by atoms with Crippen LogP contribution in [0.4, 0.5) is 0 Å². The molecule has 94 valence electrons. The third-order valence-corrected chi connectivity index (χ3v) is 1.95. The number of esters is 1. The van der Waals surface area contributed by atoms with Gasteiger partial charge < -0.3 is 9.62 Å². The summed E-state index contributed by atoms with van der Waals surface area (Å²) in [7, 11) is 0. The molecule has 0 fully saturated rings. The highest BCUT2D eigenvalue weighted by molar-refractivity contribution is 5.87. The van der Waals surface area contributed by atoms with Crippen molar-refractivity contribution in [3.63, 3.8) is 0 Å². The minimum Gasteiger partial charge on any atom is -0.463 e.